The van der Waals surface area contributed by atoms with Crippen molar-refractivity contribution >= 4 is 43.7 Å². The van der Waals surface area contributed by atoms with Crippen LogP contribution in [0.25, 0.3) is 65.7 Å². The van der Waals surface area contributed by atoms with E-state index in [1.807, 2.05) is 0 Å². The van der Waals surface area contributed by atoms with Gasteiger partial charge in [0.1, 0.15) is 0 Å². The van der Waals surface area contributed by atoms with Gasteiger partial charge in [-0.25, -0.2) is 0 Å². The van der Waals surface area contributed by atoms with Crippen LogP contribution in [0.5, 0.6) is 0 Å². The van der Waals surface area contributed by atoms with Crippen molar-refractivity contribution in [1.82, 2.24) is 0 Å². The van der Waals surface area contributed by atoms with Crippen LogP contribution in [0.4, 0.5) is 11.4 Å². The molecule has 1 nitrogen and oxygen atoms in total. The van der Waals surface area contributed by atoms with E-state index in [2.05, 4.69) is 175 Å². The third kappa shape index (κ3) is 4.62. The van der Waals surface area contributed by atoms with Crippen LogP contribution in [0.3, 0.4) is 0 Å². The first-order chi connectivity index (χ1) is 21.3. The Kier molecular flexibility index (Phi) is 6.20. The van der Waals surface area contributed by atoms with Crippen molar-refractivity contribution in [2.75, 3.05) is 5.32 Å². The fourth-order valence-electron chi connectivity index (χ4n) is 6.34. The van der Waals surface area contributed by atoms with Gasteiger partial charge in [-0.3, -0.25) is 0 Å². The number of rotatable bonds is 5. The third-order valence-electron chi connectivity index (χ3n) is 8.45. The lowest BCUT2D eigenvalue weighted by molar-refractivity contribution is 1.55. The number of fused-ring (bicyclic) bond motifs is 4. The lowest BCUT2D eigenvalue weighted by Crippen LogP contribution is -1.94. The molecule has 0 radical (unpaired) electrons. The predicted molar refractivity (Wildman–Crippen MR) is 185 cm³/mol. The highest BCUT2D eigenvalue weighted by Gasteiger charge is 2.13. The molecule has 1 heteroatoms. The highest BCUT2D eigenvalue weighted by Crippen LogP contribution is 2.40. The zero-order valence-electron chi connectivity index (χ0n) is 23.7. The quantitative estimate of drug-likeness (QED) is 0.211. The van der Waals surface area contributed by atoms with Crippen molar-refractivity contribution in [2.45, 2.75) is 0 Å². The van der Waals surface area contributed by atoms with Gasteiger partial charge in [0, 0.05) is 16.8 Å². The summed E-state index contributed by atoms with van der Waals surface area (Å²) in [6.07, 6.45) is 0. The van der Waals surface area contributed by atoms with Crippen LogP contribution in [0.15, 0.2) is 170 Å². The van der Waals surface area contributed by atoms with Crippen LogP contribution in [-0.2, 0) is 0 Å². The average molecular weight is 548 g/mol. The summed E-state index contributed by atoms with van der Waals surface area (Å²) in [5.74, 6) is 0. The molecule has 8 rings (SSSR count). The van der Waals surface area contributed by atoms with Gasteiger partial charge < -0.3 is 5.32 Å². The molecule has 0 aliphatic rings. The molecule has 0 aliphatic carbocycles. The number of hydrogen-bond donors (Lipinski definition) is 1. The van der Waals surface area contributed by atoms with E-state index in [-0.39, 0.29) is 0 Å². The number of anilines is 2. The average Bonchev–Trinajstić information content (AvgIpc) is 3.09. The lowest BCUT2D eigenvalue weighted by atomic mass is 9.90. The summed E-state index contributed by atoms with van der Waals surface area (Å²) < 4.78 is 0. The molecule has 0 amide bonds. The van der Waals surface area contributed by atoms with E-state index < -0.39 is 0 Å². The molecule has 8 aromatic carbocycles. The smallest absolute Gasteiger partial charge is 0.0464 e. The molecule has 8 aromatic rings. The van der Waals surface area contributed by atoms with Crippen molar-refractivity contribution in [3.05, 3.63) is 170 Å². The Morgan fingerprint density at radius 2 is 0.860 bits per heavy atom. The fraction of sp³-hybridized carbons (Fsp3) is 0. The molecule has 0 bridgehead atoms. The van der Waals surface area contributed by atoms with Crippen LogP contribution >= 0.6 is 0 Å². The fourth-order valence-corrected chi connectivity index (χ4v) is 6.34. The highest BCUT2D eigenvalue weighted by atomic mass is 14.9. The number of benzene rings is 8. The molecule has 202 valence electrons. The Bertz CT molecular complexity index is 2250. The molecule has 1 N–H and O–H groups in total. The predicted octanol–water partition coefficient (Wildman–Crippen LogP) is 11.9. The number of hydrogen-bond acceptors (Lipinski definition) is 1. The molecule has 0 atom stereocenters. The molecule has 0 aromatic heterocycles. The van der Waals surface area contributed by atoms with E-state index in [0.717, 1.165) is 11.4 Å². The molecule has 0 unspecified atom stereocenters. The first-order valence-electron chi connectivity index (χ1n) is 14.8. The van der Waals surface area contributed by atoms with E-state index in [1.165, 1.54) is 65.7 Å². The van der Waals surface area contributed by atoms with Crippen molar-refractivity contribution < 1.29 is 0 Å². The summed E-state index contributed by atoms with van der Waals surface area (Å²) in [4.78, 5) is 0. The summed E-state index contributed by atoms with van der Waals surface area (Å²) >= 11 is 0. The molecule has 0 aliphatic heterocycles. The van der Waals surface area contributed by atoms with Gasteiger partial charge in [-0.1, -0.05) is 146 Å². The maximum absolute atomic E-state index is 3.74. The molecule has 0 heterocycles. The van der Waals surface area contributed by atoms with E-state index >= 15 is 0 Å². The standard InChI is InChI=1S/C42H29N/c1-2-11-29(12-3-1)30-21-23-31(24-22-30)32-14-10-15-34(27-32)43-42-26-25-39(37-18-8-9-20-40(37)42)41-28-33-13-4-5-16-35(33)36-17-6-7-19-38(36)41/h1-28,43H. The Labute approximate surface area is 251 Å². The third-order valence-corrected chi connectivity index (χ3v) is 8.45. The molecular formula is C42H29N. The van der Waals surface area contributed by atoms with E-state index in [1.54, 1.807) is 0 Å². The maximum atomic E-state index is 3.74. The van der Waals surface area contributed by atoms with Crippen LogP contribution < -0.4 is 5.32 Å². The van der Waals surface area contributed by atoms with Gasteiger partial charge in [0.2, 0.25) is 0 Å². The highest BCUT2D eigenvalue weighted by molar-refractivity contribution is 6.17. The van der Waals surface area contributed by atoms with Crippen LogP contribution in [0.2, 0.25) is 0 Å². The first-order valence-corrected chi connectivity index (χ1v) is 14.8. The van der Waals surface area contributed by atoms with Crippen molar-refractivity contribution in [1.29, 1.82) is 0 Å². The molecule has 0 spiro atoms. The minimum Gasteiger partial charge on any atom is -0.355 e. The van der Waals surface area contributed by atoms with Crippen LogP contribution in [-0.4, -0.2) is 0 Å². The van der Waals surface area contributed by atoms with Crippen LogP contribution in [0, 0.1) is 0 Å². The summed E-state index contributed by atoms with van der Waals surface area (Å²) in [7, 11) is 0. The van der Waals surface area contributed by atoms with Crippen molar-refractivity contribution in [3.8, 4) is 33.4 Å². The van der Waals surface area contributed by atoms with Gasteiger partial charge >= 0.3 is 0 Å². The molecule has 0 fully saturated rings. The maximum Gasteiger partial charge on any atom is 0.0464 e. The molecular weight excluding hydrogens is 518 g/mol. The normalized spacial score (nSPS) is 11.3. The Balaban J connectivity index is 1.17. The van der Waals surface area contributed by atoms with Crippen LogP contribution in [0.1, 0.15) is 0 Å². The summed E-state index contributed by atoms with van der Waals surface area (Å²) in [6, 6.07) is 61.0. The van der Waals surface area contributed by atoms with Gasteiger partial charge in [-0.15, -0.1) is 0 Å². The van der Waals surface area contributed by atoms with E-state index in [9.17, 15) is 0 Å². The van der Waals surface area contributed by atoms with Gasteiger partial charge in [-0.05, 0) is 84.6 Å². The summed E-state index contributed by atoms with van der Waals surface area (Å²) in [5.41, 5.74) is 9.52. The SMILES string of the molecule is c1ccc(-c2ccc(-c3cccc(Nc4ccc(-c5cc6ccccc6c6ccccc56)c5ccccc45)c3)cc2)cc1. The van der Waals surface area contributed by atoms with Gasteiger partial charge in [0.25, 0.3) is 0 Å². The van der Waals surface area contributed by atoms with Crippen molar-refractivity contribution in [2.24, 2.45) is 0 Å². The zero-order chi connectivity index (χ0) is 28.6. The van der Waals surface area contributed by atoms with E-state index in [4.69, 9.17) is 0 Å². The monoisotopic (exact) mass is 547 g/mol. The lowest BCUT2D eigenvalue weighted by Gasteiger charge is -2.16. The van der Waals surface area contributed by atoms with Gasteiger partial charge in [0.05, 0.1) is 0 Å². The first kappa shape index (κ1) is 25.1. The Morgan fingerprint density at radius 3 is 1.63 bits per heavy atom. The molecule has 43 heavy (non-hydrogen) atoms. The second kappa shape index (κ2) is 10.6. The van der Waals surface area contributed by atoms with Gasteiger partial charge in [-0.2, -0.15) is 0 Å². The molecule has 0 saturated heterocycles. The summed E-state index contributed by atoms with van der Waals surface area (Å²) in [5, 5.41) is 11.3. The van der Waals surface area contributed by atoms with Crippen molar-refractivity contribution in [3.63, 3.8) is 0 Å². The minimum absolute atomic E-state index is 1.07. The number of nitrogens with one attached hydrogen (secondary N) is 1. The van der Waals surface area contributed by atoms with Gasteiger partial charge in [0.15, 0.2) is 0 Å². The second-order valence-corrected chi connectivity index (χ2v) is 11.0. The largest absolute Gasteiger partial charge is 0.355 e. The second-order valence-electron chi connectivity index (χ2n) is 11.0. The molecule has 0 saturated carbocycles. The Morgan fingerprint density at radius 1 is 0.302 bits per heavy atom. The topological polar surface area (TPSA) is 12.0 Å². The minimum atomic E-state index is 1.07. The zero-order valence-corrected chi connectivity index (χ0v) is 23.7. The Hall–Kier alpha value is -5.66. The van der Waals surface area contributed by atoms with E-state index in [0.29, 0.717) is 0 Å². The summed E-state index contributed by atoms with van der Waals surface area (Å²) in [6.45, 7) is 0.